The Labute approximate surface area is 139 Å². The van der Waals surface area contributed by atoms with Crippen LogP contribution >= 0.6 is 0 Å². The molecule has 2 aliphatic rings. The van der Waals surface area contributed by atoms with E-state index >= 15 is 0 Å². The lowest BCUT2D eigenvalue weighted by atomic mass is 10.1. The van der Waals surface area contributed by atoms with E-state index in [4.69, 9.17) is 0 Å². The highest BCUT2D eigenvalue weighted by Gasteiger charge is 2.42. The van der Waals surface area contributed by atoms with E-state index in [1.807, 2.05) is 0 Å². The third-order valence-electron chi connectivity index (χ3n) is 5.50. The minimum atomic E-state index is -1.73. The number of hydrogen-bond donors (Lipinski definition) is 0. The Hall–Kier alpha value is -2.12. The zero-order valence-corrected chi connectivity index (χ0v) is 14.6. The summed E-state index contributed by atoms with van der Waals surface area (Å²) in [6, 6.07) is 18.9. The van der Waals surface area contributed by atoms with Gasteiger partial charge in [0.05, 0.1) is 8.07 Å². The molecular formula is C22H22Si. The van der Waals surface area contributed by atoms with Crippen molar-refractivity contribution in [3.05, 3.63) is 95.6 Å². The molecule has 23 heavy (non-hydrogen) atoms. The van der Waals surface area contributed by atoms with Crippen LogP contribution in [0.3, 0.4) is 0 Å². The van der Waals surface area contributed by atoms with E-state index in [0.29, 0.717) is 5.54 Å². The molecule has 0 saturated heterocycles. The first-order valence-electron chi connectivity index (χ1n) is 8.41. The van der Waals surface area contributed by atoms with Gasteiger partial charge in [-0.05, 0) is 34.7 Å². The Morgan fingerprint density at radius 2 is 1.91 bits per heavy atom. The topological polar surface area (TPSA) is 0 Å². The SMILES string of the molecule is C=CC[Si](C)(C1=CCc2ccccc21)[C@H]1C=Cc2ccccc21. The average molecular weight is 315 g/mol. The van der Waals surface area contributed by atoms with Gasteiger partial charge in [-0.15, -0.1) is 6.58 Å². The van der Waals surface area contributed by atoms with Crippen LogP contribution < -0.4 is 0 Å². The van der Waals surface area contributed by atoms with Gasteiger partial charge in [0.15, 0.2) is 0 Å². The van der Waals surface area contributed by atoms with Crippen molar-refractivity contribution >= 4 is 19.3 Å². The molecule has 0 radical (unpaired) electrons. The van der Waals surface area contributed by atoms with Crippen LogP contribution in [0.4, 0.5) is 0 Å². The van der Waals surface area contributed by atoms with Crippen molar-refractivity contribution in [1.29, 1.82) is 0 Å². The van der Waals surface area contributed by atoms with Crippen molar-refractivity contribution < 1.29 is 0 Å². The Morgan fingerprint density at radius 1 is 1.13 bits per heavy atom. The maximum atomic E-state index is 4.08. The summed E-state index contributed by atoms with van der Waals surface area (Å²) in [5, 5.41) is 1.62. The Morgan fingerprint density at radius 3 is 2.78 bits per heavy atom. The van der Waals surface area contributed by atoms with Gasteiger partial charge in [0.2, 0.25) is 0 Å². The maximum Gasteiger partial charge on any atom is 0.0989 e. The highest BCUT2D eigenvalue weighted by Crippen LogP contribution is 2.47. The molecule has 2 aliphatic carbocycles. The van der Waals surface area contributed by atoms with E-state index in [-0.39, 0.29) is 0 Å². The van der Waals surface area contributed by atoms with Gasteiger partial charge in [-0.25, -0.2) is 0 Å². The molecule has 0 spiro atoms. The largest absolute Gasteiger partial charge is 0.103 e. The van der Waals surface area contributed by atoms with Crippen molar-refractivity contribution in [2.75, 3.05) is 0 Å². The number of benzene rings is 2. The molecule has 0 N–H and O–H groups in total. The van der Waals surface area contributed by atoms with E-state index in [1.54, 1.807) is 5.20 Å². The predicted octanol–water partition coefficient (Wildman–Crippen LogP) is 5.78. The summed E-state index contributed by atoms with van der Waals surface area (Å²) >= 11 is 0. The van der Waals surface area contributed by atoms with Crippen molar-refractivity contribution in [1.82, 2.24) is 0 Å². The summed E-state index contributed by atoms with van der Waals surface area (Å²) < 4.78 is 0. The molecule has 114 valence electrons. The lowest BCUT2D eigenvalue weighted by Crippen LogP contribution is -2.38. The predicted molar refractivity (Wildman–Crippen MR) is 103 cm³/mol. The van der Waals surface area contributed by atoms with Crippen molar-refractivity contribution in [3.8, 4) is 0 Å². The summed E-state index contributed by atoms with van der Waals surface area (Å²) in [6.45, 7) is 6.63. The number of fused-ring (bicyclic) bond motifs is 2. The zero-order valence-electron chi connectivity index (χ0n) is 13.6. The molecule has 0 fully saturated rings. The summed E-state index contributed by atoms with van der Waals surface area (Å²) in [4.78, 5) is 0. The Bertz CT molecular complexity index is 827. The van der Waals surface area contributed by atoms with Crippen molar-refractivity contribution in [3.63, 3.8) is 0 Å². The minimum Gasteiger partial charge on any atom is -0.103 e. The lowest BCUT2D eigenvalue weighted by Gasteiger charge is -2.35. The Kier molecular flexibility index (Phi) is 3.46. The van der Waals surface area contributed by atoms with Crippen molar-refractivity contribution in [2.45, 2.75) is 24.6 Å². The molecule has 1 unspecified atom stereocenters. The molecule has 0 amide bonds. The van der Waals surface area contributed by atoms with Gasteiger partial charge in [0.25, 0.3) is 0 Å². The van der Waals surface area contributed by atoms with Gasteiger partial charge >= 0.3 is 0 Å². The molecule has 1 heteroatoms. The van der Waals surface area contributed by atoms with E-state index in [2.05, 4.69) is 86.0 Å². The second-order valence-electron chi connectivity index (χ2n) is 6.86. The molecule has 2 aromatic rings. The average Bonchev–Trinajstić information content (AvgIpc) is 3.20. The molecule has 0 aromatic heterocycles. The molecule has 0 aliphatic heterocycles. The highest BCUT2D eigenvalue weighted by molar-refractivity contribution is 6.97. The summed E-state index contributed by atoms with van der Waals surface area (Å²) in [5.74, 6) is 0. The van der Waals surface area contributed by atoms with Gasteiger partial charge in [0, 0.05) is 5.54 Å². The van der Waals surface area contributed by atoms with E-state index in [0.717, 1.165) is 12.5 Å². The molecule has 2 atom stereocenters. The number of hydrogen-bond acceptors (Lipinski definition) is 0. The van der Waals surface area contributed by atoms with Gasteiger partial charge in [-0.1, -0.05) is 84.6 Å². The first-order valence-corrected chi connectivity index (χ1v) is 11.2. The van der Waals surface area contributed by atoms with Crippen LogP contribution in [-0.2, 0) is 6.42 Å². The highest BCUT2D eigenvalue weighted by atomic mass is 28.3. The van der Waals surface area contributed by atoms with E-state index in [9.17, 15) is 0 Å². The van der Waals surface area contributed by atoms with Crippen LogP contribution in [0.2, 0.25) is 12.6 Å². The van der Waals surface area contributed by atoms with Crippen LogP contribution in [0.1, 0.15) is 27.8 Å². The summed E-state index contributed by atoms with van der Waals surface area (Å²) in [5.41, 5.74) is 6.43. The third-order valence-corrected chi connectivity index (χ3v) is 10.2. The standard InChI is InChI=1S/C22H22Si/c1-3-16-23(2,21-14-12-17-8-4-6-10-19(17)21)22-15-13-18-9-5-7-11-20(18)22/h3-12,14-15,21H,1,13,16H2,2H3/t21-,23?/m0/s1. The van der Waals surface area contributed by atoms with E-state index in [1.165, 1.54) is 22.3 Å². The molecular weight excluding hydrogens is 292 g/mol. The first kappa shape index (κ1) is 14.5. The molecule has 2 aromatic carbocycles. The fraction of sp³-hybridized carbons (Fsp3) is 0.182. The smallest absolute Gasteiger partial charge is 0.0989 e. The third kappa shape index (κ3) is 2.19. The first-order chi connectivity index (χ1) is 11.2. The minimum absolute atomic E-state index is 0.550. The molecule has 0 heterocycles. The van der Waals surface area contributed by atoms with Gasteiger partial charge < -0.3 is 0 Å². The second kappa shape index (κ2) is 5.50. The van der Waals surface area contributed by atoms with Crippen LogP contribution in [0.15, 0.2) is 73.3 Å². The molecule has 4 rings (SSSR count). The summed E-state index contributed by atoms with van der Waals surface area (Å²) in [6.07, 6.45) is 10.5. The van der Waals surface area contributed by atoms with Crippen LogP contribution in [0.25, 0.3) is 11.3 Å². The van der Waals surface area contributed by atoms with Gasteiger partial charge in [-0.2, -0.15) is 0 Å². The molecule has 0 saturated carbocycles. The molecule has 0 nitrogen and oxygen atoms in total. The maximum absolute atomic E-state index is 4.08. The normalized spacial score (nSPS) is 20.6. The molecule has 0 bridgehead atoms. The second-order valence-corrected chi connectivity index (χ2v) is 11.3. The van der Waals surface area contributed by atoms with Crippen molar-refractivity contribution in [2.24, 2.45) is 0 Å². The number of rotatable bonds is 4. The Balaban J connectivity index is 1.83. The quantitative estimate of drug-likeness (QED) is 0.495. The van der Waals surface area contributed by atoms with E-state index < -0.39 is 8.07 Å². The monoisotopic (exact) mass is 314 g/mol. The van der Waals surface area contributed by atoms with Gasteiger partial charge in [0.1, 0.15) is 0 Å². The van der Waals surface area contributed by atoms with Gasteiger partial charge in [-0.3, -0.25) is 0 Å². The summed E-state index contributed by atoms with van der Waals surface area (Å²) in [7, 11) is -1.73. The fourth-order valence-corrected chi connectivity index (χ4v) is 8.64. The lowest BCUT2D eigenvalue weighted by molar-refractivity contribution is 1.16. The fourth-order valence-electron chi connectivity index (χ4n) is 4.33. The zero-order chi connectivity index (χ0) is 15.9. The number of allylic oxidation sites excluding steroid dienone is 3. The van der Waals surface area contributed by atoms with Crippen LogP contribution in [0, 0.1) is 0 Å². The van der Waals surface area contributed by atoms with Crippen LogP contribution in [0.5, 0.6) is 0 Å². The van der Waals surface area contributed by atoms with Crippen LogP contribution in [-0.4, -0.2) is 8.07 Å².